The third-order valence-corrected chi connectivity index (χ3v) is 7.02. The molecular weight excluding hydrogens is 380 g/mol. The molecule has 0 aromatic carbocycles. The summed E-state index contributed by atoms with van der Waals surface area (Å²) in [7, 11) is 2.10. The first-order valence-electron chi connectivity index (χ1n) is 11.0. The molecule has 0 bridgehead atoms. The summed E-state index contributed by atoms with van der Waals surface area (Å²) < 4.78 is 27.6. The molecule has 2 saturated heterocycles. The molecule has 5 unspecified atom stereocenters. The molecule has 29 heavy (non-hydrogen) atoms. The Kier molecular flexibility index (Phi) is 7.83. The van der Waals surface area contributed by atoms with Gasteiger partial charge in [0.2, 0.25) is 5.91 Å². The third-order valence-electron chi connectivity index (χ3n) is 7.02. The average Bonchev–Trinajstić information content (AvgIpc) is 3.12. The highest BCUT2D eigenvalue weighted by molar-refractivity contribution is 5.82. The monoisotopic (exact) mass is 417 g/mol. The van der Waals surface area contributed by atoms with Crippen molar-refractivity contribution in [2.45, 2.75) is 88.5 Å². The Balaban J connectivity index is 1.48. The molecule has 0 radical (unpaired) electrons. The van der Waals surface area contributed by atoms with Gasteiger partial charge in [-0.05, 0) is 57.4 Å². The predicted octanol–water partition coefficient (Wildman–Crippen LogP) is 1.15. The SMILES string of the molecule is C[C@H](CC1NNCN1C)C1CCCC(NC(=O)C2CCCC(C(F)(F)CO)N2)C1. The quantitative estimate of drug-likeness (QED) is 0.427. The van der Waals surface area contributed by atoms with E-state index in [0.29, 0.717) is 30.8 Å². The Bertz CT molecular complexity index is 553. The Labute approximate surface area is 172 Å². The highest BCUT2D eigenvalue weighted by atomic mass is 19.3. The van der Waals surface area contributed by atoms with Crippen molar-refractivity contribution < 1.29 is 18.7 Å². The molecule has 3 aliphatic rings. The van der Waals surface area contributed by atoms with E-state index in [1.165, 1.54) is 6.42 Å². The minimum atomic E-state index is -3.19. The van der Waals surface area contributed by atoms with E-state index in [-0.39, 0.29) is 18.4 Å². The number of alkyl halides is 2. The second-order valence-electron chi connectivity index (χ2n) is 9.22. The van der Waals surface area contributed by atoms with Crippen molar-refractivity contribution in [2.75, 3.05) is 20.3 Å². The normalized spacial score (nSPS) is 35.4. The molecule has 7 nitrogen and oxygen atoms in total. The van der Waals surface area contributed by atoms with Gasteiger partial charge in [0.05, 0.1) is 24.9 Å². The fourth-order valence-electron chi connectivity index (χ4n) is 5.05. The summed E-state index contributed by atoms with van der Waals surface area (Å²) in [6.07, 6.45) is 6.92. The fraction of sp³-hybridized carbons (Fsp3) is 0.950. The summed E-state index contributed by atoms with van der Waals surface area (Å²) in [5.74, 6) is -2.28. The molecule has 5 N–H and O–H groups in total. The van der Waals surface area contributed by atoms with Crippen molar-refractivity contribution in [3.63, 3.8) is 0 Å². The van der Waals surface area contributed by atoms with E-state index >= 15 is 0 Å². The van der Waals surface area contributed by atoms with Gasteiger partial charge in [-0.1, -0.05) is 19.8 Å². The summed E-state index contributed by atoms with van der Waals surface area (Å²) in [6, 6.07) is -1.64. The molecule has 1 aliphatic carbocycles. The molecule has 3 fully saturated rings. The molecule has 0 aromatic heterocycles. The maximum Gasteiger partial charge on any atom is 0.285 e. The molecule has 1 amide bonds. The van der Waals surface area contributed by atoms with Crippen molar-refractivity contribution in [1.82, 2.24) is 26.4 Å². The molecule has 0 aromatic rings. The number of amides is 1. The van der Waals surface area contributed by atoms with E-state index in [2.05, 4.69) is 40.4 Å². The van der Waals surface area contributed by atoms with Gasteiger partial charge in [0.25, 0.3) is 5.92 Å². The molecule has 9 heteroatoms. The number of aliphatic hydroxyl groups excluding tert-OH is 1. The van der Waals surface area contributed by atoms with Crippen LogP contribution in [-0.4, -0.2) is 66.5 Å². The van der Waals surface area contributed by atoms with Gasteiger partial charge < -0.3 is 10.4 Å². The van der Waals surface area contributed by atoms with Gasteiger partial charge in [0.15, 0.2) is 0 Å². The van der Waals surface area contributed by atoms with E-state index in [9.17, 15) is 13.6 Å². The van der Waals surface area contributed by atoms with Crippen molar-refractivity contribution >= 4 is 5.91 Å². The van der Waals surface area contributed by atoms with Crippen LogP contribution >= 0.6 is 0 Å². The Morgan fingerprint density at radius 1 is 1.28 bits per heavy atom. The third kappa shape index (κ3) is 5.85. The first kappa shape index (κ1) is 22.8. The largest absolute Gasteiger partial charge is 0.390 e. The first-order valence-corrected chi connectivity index (χ1v) is 11.0. The summed E-state index contributed by atoms with van der Waals surface area (Å²) in [6.45, 7) is 1.93. The lowest BCUT2D eigenvalue weighted by Gasteiger charge is -2.37. The van der Waals surface area contributed by atoms with Crippen LogP contribution in [0.25, 0.3) is 0 Å². The number of aliphatic hydroxyl groups is 1. The van der Waals surface area contributed by atoms with E-state index in [1.807, 2.05) is 0 Å². The maximum absolute atomic E-state index is 13.8. The molecule has 1 saturated carbocycles. The molecule has 2 aliphatic heterocycles. The highest BCUT2D eigenvalue weighted by Gasteiger charge is 2.43. The number of nitrogens with one attached hydrogen (secondary N) is 4. The number of halogens is 2. The maximum atomic E-state index is 13.8. The summed E-state index contributed by atoms with van der Waals surface area (Å²) in [5, 5.41) is 14.8. The van der Waals surface area contributed by atoms with Crippen LogP contribution in [0.3, 0.4) is 0 Å². The zero-order chi connectivity index (χ0) is 21.0. The zero-order valence-corrected chi connectivity index (χ0v) is 17.6. The number of carbonyl (C=O) groups excluding carboxylic acids is 1. The van der Waals surface area contributed by atoms with Crippen LogP contribution in [-0.2, 0) is 4.79 Å². The molecule has 3 rings (SSSR count). The van der Waals surface area contributed by atoms with Crippen molar-refractivity contribution in [3.05, 3.63) is 0 Å². The second-order valence-corrected chi connectivity index (χ2v) is 9.22. The lowest BCUT2D eigenvalue weighted by atomic mass is 9.77. The molecule has 168 valence electrons. The molecular formula is C20H37F2N5O2. The van der Waals surface area contributed by atoms with E-state index < -0.39 is 24.6 Å². The number of rotatable bonds is 7. The minimum Gasteiger partial charge on any atom is -0.390 e. The molecule has 0 spiro atoms. The van der Waals surface area contributed by atoms with Crippen LogP contribution in [0, 0.1) is 11.8 Å². The van der Waals surface area contributed by atoms with Gasteiger partial charge in [-0.25, -0.2) is 19.6 Å². The van der Waals surface area contributed by atoms with Crippen LogP contribution in [0.15, 0.2) is 0 Å². The van der Waals surface area contributed by atoms with Crippen molar-refractivity contribution in [3.8, 4) is 0 Å². The fourth-order valence-corrected chi connectivity index (χ4v) is 5.05. The topological polar surface area (TPSA) is 88.7 Å². The number of nitrogens with zero attached hydrogens (tertiary/aromatic N) is 1. The standard InChI is InChI=1S/C20H37F2N5O2/c1-13(9-18-26-23-12-27(18)2)14-5-3-6-15(10-14)24-19(29)16-7-4-8-17(25-16)20(21,22)11-28/h13-18,23,25-26,28H,3-12H2,1-2H3,(H,24,29)/t13-,14?,15?,16?,17?,18?/m1/s1. The zero-order valence-electron chi connectivity index (χ0n) is 17.6. The predicted molar refractivity (Wildman–Crippen MR) is 107 cm³/mol. The lowest BCUT2D eigenvalue weighted by Crippen LogP contribution is -2.59. The minimum absolute atomic E-state index is 0.108. The smallest absolute Gasteiger partial charge is 0.285 e. The summed E-state index contributed by atoms with van der Waals surface area (Å²) in [5.41, 5.74) is 6.47. The number of carbonyl (C=O) groups is 1. The van der Waals surface area contributed by atoms with Gasteiger partial charge in [-0.15, -0.1) is 0 Å². The van der Waals surface area contributed by atoms with Gasteiger partial charge in [-0.2, -0.15) is 0 Å². The van der Waals surface area contributed by atoms with Crippen LogP contribution in [0.2, 0.25) is 0 Å². The van der Waals surface area contributed by atoms with E-state index in [4.69, 9.17) is 5.11 Å². The van der Waals surface area contributed by atoms with Crippen LogP contribution in [0.5, 0.6) is 0 Å². The van der Waals surface area contributed by atoms with Crippen LogP contribution in [0.1, 0.15) is 58.3 Å². The van der Waals surface area contributed by atoms with Gasteiger partial charge in [0, 0.05) is 6.04 Å². The highest BCUT2D eigenvalue weighted by Crippen LogP contribution is 2.33. The Morgan fingerprint density at radius 2 is 2.03 bits per heavy atom. The summed E-state index contributed by atoms with van der Waals surface area (Å²) in [4.78, 5) is 15.0. The van der Waals surface area contributed by atoms with Crippen molar-refractivity contribution in [2.24, 2.45) is 11.8 Å². The van der Waals surface area contributed by atoms with Crippen LogP contribution < -0.4 is 21.5 Å². The van der Waals surface area contributed by atoms with E-state index in [1.54, 1.807) is 0 Å². The van der Waals surface area contributed by atoms with Gasteiger partial charge in [0.1, 0.15) is 6.61 Å². The van der Waals surface area contributed by atoms with Gasteiger partial charge >= 0.3 is 0 Å². The molecule has 2 heterocycles. The molecule has 6 atom stereocenters. The lowest BCUT2D eigenvalue weighted by molar-refractivity contribution is -0.128. The first-order chi connectivity index (χ1) is 13.8. The average molecular weight is 418 g/mol. The number of hydrogen-bond donors (Lipinski definition) is 5. The van der Waals surface area contributed by atoms with E-state index in [0.717, 1.165) is 32.4 Å². The Hall–Kier alpha value is -0.870. The van der Waals surface area contributed by atoms with Gasteiger partial charge in [-0.3, -0.25) is 15.0 Å². The Morgan fingerprint density at radius 3 is 2.72 bits per heavy atom. The van der Waals surface area contributed by atoms with Crippen molar-refractivity contribution in [1.29, 1.82) is 0 Å². The number of hydrogen-bond acceptors (Lipinski definition) is 6. The summed E-state index contributed by atoms with van der Waals surface area (Å²) >= 11 is 0. The number of piperidine rings is 1. The number of hydrazine groups is 1. The van der Waals surface area contributed by atoms with Crippen LogP contribution in [0.4, 0.5) is 8.78 Å². The second kappa shape index (κ2) is 9.96.